The molecule has 0 aliphatic heterocycles. The molecule has 106 valence electrons. The van der Waals surface area contributed by atoms with E-state index in [-0.39, 0.29) is 0 Å². The zero-order valence-corrected chi connectivity index (χ0v) is 12.0. The van der Waals surface area contributed by atoms with Crippen molar-refractivity contribution in [2.45, 2.75) is 64.0 Å². The Bertz CT molecular complexity index is 239. The van der Waals surface area contributed by atoms with Crippen molar-refractivity contribution in [3.63, 3.8) is 0 Å². The van der Waals surface area contributed by atoms with Gasteiger partial charge < -0.3 is 14.8 Å². The molecule has 3 heteroatoms. The Morgan fingerprint density at radius 2 is 1.89 bits per heavy atom. The number of nitrogens with one attached hydrogen (secondary N) is 1. The highest BCUT2D eigenvalue weighted by Gasteiger charge is 2.54. The first-order chi connectivity index (χ1) is 8.83. The fourth-order valence-electron chi connectivity index (χ4n) is 3.76. The predicted molar refractivity (Wildman–Crippen MR) is 73.8 cm³/mol. The van der Waals surface area contributed by atoms with Gasteiger partial charge >= 0.3 is 0 Å². The average Bonchev–Trinajstić information content (AvgIpc) is 2.42. The summed E-state index contributed by atoms with van der Waals surface area (Å²) < 4.78 is 11.6. The van der Waals surface area contributed by atoms with Crippen molar-refractivity contribution >= 4 is 0 Å². The lowest BCUT2D eigenvalue weighted by molar-refractivity contribution is -0.157. The zero-order chi connectivity index (χ0) is 12.8. The molecular weight excluding hydrogens is 226 g/mol. The smallest absolute Gasteiger partial charge is 0.0704 e. The molecule has 0 heterocycles. The maximum atomic E-state index is 6.08. The molecule has 2 aliphatic carbocycles. The van der Waals surface area contributed by atoms with Crippen LogP contribution in [0.2, 0.25) is 0 Å². The fourth-order valence-corrected chi connectivity index (χ4v) is 3.76. The molecule has 18 heavy (non-hydrogen) atoms. The third kappa shape index (κ3) is 2.89. The van der Waals surface area contributed by atoms with Crippen molar-refractivity contribution in [1.82, 2.24) is 5.32 Å². The summed E-state index contributed by atoms with van der Waals surface area (Å²) in [6, 6.07) is 0.680. The van der Waals surface area contributed by atoms with Gasteiger partial charge in [-0.2, -0.15) is 0 Å². The van der Waals surface area contributed by atoms with Crippen molar-refractivity contribution in [2.75, 3.05) is 26.9 Å². The standard InChI is InChI=1S/C15H29NO2/c1-3-9-17-10-11-18-14-12-13(16-2)15(14)7-5-4-6-8-15/h13-14,16H,3-12H2,1-2H3. The number of rotatable bonds is 7. The van der Waals surface area contributed by atoms with Crippen LogP contribution in [-0.4, -0.2) is 39.0 Å². The second kappa shape index (κ2) is 6.88. The van der Waals surface area contributed by atoms with Crippen LogP contribution >= 0.6 is 0 Å². The molecule has 2 atom stereocenters. The van der Waals surface area contributed by atoms with Crippen molar-refractivity contribution in [3.8, 4) is 0 Å². The molecule has 1 N–H and O–H groups in total. The molecule has 0 saturated heterocycles. The molecule has 0 amide bonds. The van der Waals surface area contributed by atoms with E-state index in [1.54, 1.807) is 0 Å². The van der Waals surface area contributed by atoms with Gasteiger partial charge in [-0.25, -0.2) is 0 Å². The maximum absolute atomic E-state index is 6.08. The van der Waals surface area contributed by atoms with E-state index in [1.165, 1.54) is 38.5 Å². The van der Waals surface area contributed by atoms with Gasteiger partial charge in [0.1, 0.15) is 0 Å². The molecule has 2 rings (SSSR count). The van der Waals surface area contributed by atoms with Gasteiger partial charge in [0, 0.05) is 18.1 Å². The molecule has 2 fully saturated rings. The highest BCUT2D eigenvalue weighted by Crippen LogP contribution is 2.53. The van der Waals surface area contributed by atoms with Crippen LogP contribution in [0.3, 0.4) is 0 Å². The van der Waals surface area contributed by atoms with Crippen LogP contribution in [0.1, 0.15) is 51.9 Å². The topological polar surface area (TPSA) is 30.5 Å². The van der Waals surface area contributed by atoms with Gasteiger partial charge in [-0.15, -0.1) is 0 Å². The van der Waals surface area contributed by atoms with E-state index < -0.39 is 0 Å². The maximum Gasteiger partial charge on any atom is 0.0704 e. The Labute approximate surface area is 112 Å². The number of ether oxygens (including phenoxy) is 2. The van der Waals surface area contributed by atoms with Crippen molar-refractivity contribution in [2.24, 2.45) is 5.41 Å². The van der Waals surface area contributed by atoms with E-state index in [2.05, 4.69) is 19.3 Å². The summed E-state index contributed by atoms with van der Waals surface area (Å²) in [5.41, 5.74) is 0.442. The third-order valence-electron chi connectivity index (χ3n) is 4.81. The molecule has 2 unspecified atom stereocenters. The SMILES string of the molecule is CCCOCCOC1CC(NC)C12CCCCC2. The third-order valence-corrected chi connectivity index (χ3v) is 4.81. The summed E-state index contributed by atoms with van der Waals surface area (Å²) in [4.78, 5) is 0. The minimum absolute atomic E-state index is 0.442. The monoisotopic (exact) mass is 255 g/mol. The molecular formula is C15H29NO2. The molecule has 1 spiro atoms. The Morgan fingerprint density at radius 3 is 2.56 bits per heavy atom. The van der Waals surface area contributed by atoms with E-state index in [1.807, 2.05) is 0 Å². The van der Waals surface area contributed by atoms with Gasteiger partial charge in [0.25, 0.3) is 0 Å². The van der Waals surface area contributed by atoms with Gasteiger partial charge in [0.2, 0.25) is 0 Å². The Kier molecular flexibility index (Phi) is 5.46. The first-order valence-electron chi connectivity index (χ1n) is 7.70. The van der Waals surface area contributed by atoms with Crippen LogP contribution in [0.25, 0.3) is 0 Å². The number of hydrogen-bond acceptors (Lipinski definition) is 3. The predicted octanol–water partition coefficient (Wildman–Crippen LogP) is 2.74. The fraction of sp³-hybridized carbons (Fsp3) is 1.00. The second-order valence-electron chi connectivity index (χ2n) is 5.84. The zero-order valence-electron chi connectivity index (χ0n) is 12.0. The normalized spacial score (nSPS) is 30.3. The minimum atomic E-state index is 0.442. The first-order valence-corrected chi connectivity index (χ1v) is 7.70. The van der Waals surface area contributed by atoms with Crippen LogP contribution in [-0.2, 0) is 9.47 Å². The van der Waals surface area contributed by atoms with Gasteiger partial charge in [-0.3, -0.25) is 0 Å². The Balaban J connectivity index is 1.74. The summed E-state index contributed by atoms with van der Waals surface area (Å²) in [7, 11) is 2.10. The van der Waals surface area contributed by atoms with Crippen LogP contribution in [0.5, 0.6) is 0 Å². The molecule has 3 nitrogen and oxygen atoms in total. The van der Waals surface area contributed by atoms with Gasteiger partial charge in [-0.1, -0.05) is 26.2 Å². The van der Waals surface area contributed by atoms with Crippen LogP contribution in [0, 0.1) is 5.41 Å². The summed E-state index contributed by atoms with van der Waals surface area (Å²) in [5, 5.41) is 3.49. The molecule has 0 bridgehead atoms. The van der Waals surface area contributed by atoms with Gasteiger partial charge in [0.15, 0.2) is 0 Å². The molecule has 0 radical (unpaired) electrons. The number of hydrogen-bond donors (Lipinski definition) is 1. The van der Waals surface area contributed by atoms with E-state index in [0.717, 1.165) is 26.2 Å². The quantitative estimate of drug-likeness (QED) is 0.710. The minimum Gasteiger partial charge on any atom is -0.379 e. The van der Waals surface area contributed by atoms with Gasteiger partial charge in [0.05, 0.1) is 19.3 Å². The van der Waals surface area contributed by atoms with E-state index in [9.17, 15) is 0 Å². The highest BCUT2D eigenvalue weighted by molar-refractivity contribution is 5.08. The molecule has 0 aromatic carbocycles. The van der Waals surface area contributed by atoms with E-state index in [0.29, 0.717) is 17.6 Å². The Hall–Kier alpha value is -0.120. The lowest BCUT2D eigenvalue weighted by Gasteiger charge is -2.57. The average molecular weight is 255 g/mol. The molecule has 2 aliphatic rings. The summed E-state index contributed by atoms with van der Waals surface area (Å²) in [6.07, 6.45) is 9.61. The summed E-state index contributed by atoms with van der Waals surface area (Å²) >= 11 is 0. The lowest BCUT2D eigenvalue weighted by Crippen LogP contribution is -2.63. The summed E-state index contributed by atoms with van der Waals surface area (Å²) in [6.45, 7) is 4.52. The van der Waals surface area contributed by atoms with E-state index in [4.69, 9.17) is 9.47 Å². The van der Waals surface area contributed by atoms with Crippen LogP contribution < -0.4 is 5.32 Å². The largest absolute Gasteiger partial charge is 0.379 e. The Morgan fingerprint density at radius 1 is 1.11 bits per heavy atom. The molecule has 0 aromatic rings. The highest BCUT2D eigenvalue weighted by atomic mass is 16.5. The first kappa shape index (κ1) is 14.3. The van der Waals surface area contributed by atoms with Crippen molar-refractivity contribution < 1.29 is 9.47 Å². The van der Waals surface area contributed by atoms with Crippen LogP contribution in [0.15, 0.2) is 0 Å². The van der Waals surface area contributed by atoms with E-state index >= 15 is 0 Å². The van der Waals surface area contributed by atoms with Crippen molar-refractivity contribution in [1.29, 1.82) is 0 Å². The van der Waals surface area contributed by atoms with Crippen molar-refractivity contribution in [3.05, 3.63) is 0 Å². The summed E-state index contributed by atoms with van der Waals surface area (Å²) in [5.74, 6) is 0. The van der Waals surface area contributed by atoms with Crippen LogP contribution in [0.4, 0.5) is 0 Å². The lowest BCUT2D eigenvalue weighted by atomic mass is 9.55. The molecule has 2 saturated carbocycles. The molecule has 0 aromatic heterocycles. The second-order valence-corrected chi connectivity index (χ2v) is 5.84. The van der Waals surface area contributed by atoms with Gasteiger partial charge in [-0.05, 0) is 32.7 Å².